The second-order valence-corrected chi connectivity index (χ2v) is 7.03. The second kappa shape index (κ2) is 9.46. The molecule has 1 amide bonds. The number of benzene rings is 1. The van der Waals surface area contributed by atoms with Crippen LogP contribution in [0.2, 0.25) is 0 Å². The maximum absolute atomic E-state index is 12.1. The molecule has 1 aliphatic carbocycles. The first-order valence-electron chi connectivity index (χ1n) is 9.80. The van der Waals surface area contributed by atoms with Gasteiger partial charge >= 0.3 is 0 Å². The van der Waals surface area contributed by atoms with E-state index in [1.165, 1.54) is 24.8 Å². The first-order valence-corrected chi connectivity index (χ1v) is 9.80. The van der Waals surface area contributed by atoms with Crippen molar-refractivity contribution >= 4 is 11.9 Å². The summed E-state index contributed by atoms with van der Waals surface area (Å²) in [5.74, 6) is 1.62. The number of guanidine groups is 1. The van der Waals surface area contributed by atoms with Gasteiger partial charge in [0.15, 0.2) is 5.96 Å². The lowest BCUT2D eigenvalue weighted by atomic mass is 9.95. The average molecular weight is 358 g/mol. The number of hydrogen-bond acceptors (Lipinski definition) is 3. The Bertz CT molecular complexity index is 601. The summed E-state index contributed by atoms with van der Waals surface area (Å²) in [5.41, 5.74) is 1.24. The van der Waals surface area contributed by atoms with E-state index in [4.69, 9.17) is 4.74 Å². The Labute approximate surface area is 155 Å². The minimum Gasteiger partial charge on any atom is -0.488 e. The molecular weight excluding hydrogens is 328 g/mol. The van der Waals surface area contributed by atoms with Crippen molar-refractivity contribution in [3.8, 4) is 5.75 Å². The molecule has 1 unspecified atom stereocenters. The van der Waals surface area contributed by atoms with Crippen LogP contribution in [0.5, 0.6) is 5.75 Å². The molecule has 0 radical (unpaired) electrons. The quantitative estimate of drug-likeness (QED) is 0.537. The fraction of sp³-hybridized carbons (Fsp3) is 0.600. The fourth-order valence-corrected chi connectivity index (χ4v) is 3.59. The molecule has 3 rings (SSSR count). The molecule has 1 saturated carbocycles. The number of nitrogens with zero attached hydrogens (tertiary/aromatic N) is 1. The van der Waals surface area contributed by atoms with E-state index in [1.54, 1.807) is 0 Å². The van der Waals surface area contributed by atoms with Crippen molar-refractivity contribution in [3.63, 3.8) is 0 Å². The van der Waals surface area contributed by atoms with Crippen LogP contribution in [-0.2, 0) is 11.2 Å². The van der Waals surface area contributed by atoms with E-state index in [2.05, 4.69) is 27.0 Å². The van der Waals surface area contributed by atoms with Crippen LogP contribution in [0.3, 0.4) is 0 Å². The van der Waals surface area contributed by atoms with E-state index in [9.17, 15) is 4.79 Å². The molecule has 6 heteroatoms. The molecule has 0 spiro atoms. The van der Waals surface area contributed by atoms with Crippen LogP contribution < -0.4 is 20.7 Å². The lowest BCUT2D eigenvalue weighted by Gasteiger charge is -2.22. The molecular formula is C20H30N4O2. The lowest BCUT2D eigenvalue weighted by molar-refractivity contribution is -0.120. The van der Waals surface area contributed by atoms with Crippen LogP contribution in [0, 0.1) is 0 Å². The molecule has 2 aliphatic rings. The van der Waals surface area contributed by atoms with Crippen molar-refractivity contribution in [1.82, 2.24) is 16.0 Å². The SMILES string of the molecule is CCNC(=NCC(=O)NC1CCCCC1)NCC1Cc2ccccc2O1. The number of carbonyl (C=O) groups excluding carboxylic acids is 1. The maximum atomic E-state index is 12.1. The van der Waals surface area contributed by atoms with Crippen molar-refractivity contribution in [2.24, 2.45) is 4.99 Å². The Morgan fingerprint density at radius 2 is 2.00 bits per heavy atom. The van der Waals surface area contributed by atoms with Gasteiger partial charge in [-0.25, -0.2) is 4.99 Å². The van der Waals surface area contributed by atoms with Crippen molar-refractivity contribution in [2.45, 2.75) is 57.6 Å². The predicted molar refractivity (Wildman–Crippen MR) is 104 cm³/mol. The molecule has 0 saturated heterocycles. The topological polar surface area (TPSA) is 74.8 Å². The summed E-state index contributed by atoms with van der Waals surface area (Å²) in [4.78, 5) is 16.5. The maximum Gasteiger partial charge on any atom is 0.242 e. The minimum atomic E-state index is -0.00127. The molecule has 1 atom stereocenters. The highest BCUT2D eigenvalue weighted by Crippen LogP contribution is 2.27. The first-order chi connectivity index (χ1) is 12.7. The number of rotatable bonds is 6. The normalized spacial score (nSPS) is 20.2. The van der Waals surface area contributed by atoms with Crippen LogP contribution in [0.15, 0.2) is 29.3 Å². The summed E-state index contributed by atoms with van der Waals surface area (Å²) in [6.45, 7) is 3.57. The van der Waals surface area contributed by atoms with Gasteiger partial charge in [0, 0.05) is 19.0 Å². The Balaban J connectivity index is 1.44. The zero-order valence-electron chi connectivity index (χ0n) is 15.6. The molecule has 1 aromatic rings. The Morgan fingerprint density at radius 3 is 2.77 bits per heavy atom. The highest BCUT2D eigenvalue weighted by atomic mass is 16.5. The third-order valence-corrected chi connectivity index (χ3v) is 4.91. The van der Waals surface area contributed by atoms with E-state index in [0.717, 1.165) is 31.6 Å². The highest BCUT2D eigenvalue weighted by Gasteiger charge is 2.22. The van der Waals surface area contributed by atoms with E-state index < -0.39 is 0 Å². The molecule has 1 aromatic carbocycles. The van der Waals surface area contributed by atoms with Crippen molar-refractivity contribution in [1.29, 1.82) is 0 Å². The van der Waals surface area contributed by atoms with E-state index in [0.29, 0.717) is 18.5 Å². The molecule has 1 fully saturated rings. The lowest BCUT2D eigenvalue weighted by Crippen LogP contribution is -2.43. The van der Waals surface area contributed by atoms with Crippen molar-refractivity contribution < 1.29 is 9.53 Å². The van der Waals surface area contributed by atoms with Crippen LogP contribution in [-0.4, -0.2) is 43.6 Å². The highest BCUT2D eigenvalue weighted by molar-refractivity contribution is 5.85. The number of ether oxygens (including phenoxy) is 1. The molecule has 26 heavy (non-hydrogen) atoms. The Hall–Kier alpha value is -2.24. The van der Waals surface area contributed by atoms with Gasteiger partial charge in [0.1, 0.15) is 18.4 Å². The Kier molecular flexibility index (Phi) is 6.75. The number of carbonyl (C=O) groups is 1. The average Bonchev–Trinajstić information content (AvgIpc) is 3.08. The molecule has 0 bridgehead atoms. The molecule has 3 N–H and O–H groups in total. The minimum absolute atomic E-state index is 0.00127. The van der Waals surface area contributed by atoms with Gasteiger partial charge in [-0.15, -0.1) is 0 Å². The third-order valence-electron chi connectivity index (χ3n) is 4.91. The predicted octanol–water partition coefficient (Wildman–Crippen LogP) is 1.99. The second-order valence-electron chi connectivity index (χ2n) is 7.03. The Morgan fingerprint density at radius 1 is 1.19 bits per heavy atom. The van der Waals surface area contributed by atoms with Gasteiger partial charge < -0.3 is 20.7 Å². The van der Waals surface area contributed by atoms with E-state index in [1.807, 2.05) is 25.1 Å². The van der Waals surface area contributed by atoms with Crippen molar-refractivity contribution in [3.05, 3.63) is 29.8 Å². The smallest absolute Gasteiger partial charge is 0.242 e. The monoisotopic (exact) mass is 358 g/mol. The number of aliphatic imine (C=N–C) groups is 1. The number of para-hydroxylation sites is 1. The van der Waals surface area contributed by atoms with Crippen LogP contribution in [0.4, 0.5) is 0 Å². The largest absolute Gasteiger partial charge is 0.488 e. The van der Waals surface area contributed by atoms with Gasteiger partial charge in [-0.05, 0) is 31.4 Å². The van der Waals surface area contributed by atoms with Crippen LogP contribution in [0.25, 0.3) is 0 Å². The van der Waals surface area contributed by atoms with E-state index in [-0.39, 0.29) is 18.6 Å². The van der Waals surface area contributed by atoms with E-state index >= 15 is 0 Å². The summed E-state index contributed by atoms with van der Waals surface area (Å²) >= 11 is 0. The number of amides is 1. The summed E-state index contributed by atoms with van der Waals surface area (Å²) in [6.07, 6.45) is 6.87. The van der Waals surface area contributed by atoms with Gasteiger partial charge in [-0.3, -0.25) is 4.79 Å². The summed E-state index contributed by atoms with van der Waals surface area (Å²) in [7, 11) is 0. The summed E-state index contributed by atoms with van der Waals surface area (Å²) in [6, 6.07) is 8.46. The van der Waals surface area contributed by atoms with Gasteiger partial charge in [0.2, 0.25) is 5.91 Å². The van der Waals surface area contributed by atoms with Crippen molar-refractivity contribution in [2.75, 3.05) is 19.6 Å². The summed E-state index contributed by atoms with van der Waals surface area (Å²) < 4.78 is 5.94. The van der Waals surface area contributed by atoms with Gasteiger partial charge in [-0.1, -0.05) is 37.5 Å². The number of fused-ring (bicyclic) bond motifs is 1. The summed E-state index contributed by atoms with van der Waals surface area (Å²) in [5, 5.41) is 9.58. The number of hydrogen-bond donors (Lipinski definition) is 3. The van der Waals surface area contributed by atoms with Crippen LogP contribution >= 0.6 is 0 Å². The molecule has 0 aromatic heterocycles. The molecule has 1 heterocycles. The molecule has 1 aliphatic heterocycles. The zero-order valence-corrected chi connectivity index (χ0v) is 15.6. The standard InChI is InChI=1S/C20H30N4O2/c1-2-21-20(23-14-19(25)24-16-9-4-3-5-10-16)22-13-17-12-15-8-6-7-11-18(15)26-17/h6-8,11,16-17H,2-5,9-10,12-14H2,1H3,(H,24,25)(H2,21,22,23). The van der Waals surface area contributed by atoms with Gasteiger partial charge in [0.25, 0.3) is 0 Å². The third kappa shape index (κ3) is 5.38. The zero-order chi connectivity index (χ0) is 18.2. The first kappa shape index (κ1) is 18.5. The van der Waals surface area contributed by atoms with Gasteiger partial charge in [-0.2, -0.15) is 0 Å². The molecule has 142 valence electrons. The fourth-order valence-electron chi connectivity index (χ4n) is 3.59. The van der Waals surface area contributed by atoms with Gasteiger partial charge in [0.05, 0.1) is 6.54 Å². The number of nitrogens with one attached hydrogen (secondary N) is 3. The molecule has 6 nitrogen and oxygen atoms in total. The van der Waals surface area contributed by atoms with Crippen LogP contribution in [0.1, 0.15) is 44.6 Å².